The average Bonchev–Trinajstić information content (AvgIpc) is 3.02. The lowest BCUT2D eigenvalue weighted by atomic mass is 10.4. The molecule has 0 atom stereocenters. The summed E-state index contributed by atoms with van der Waals surface area (Å²) in [6.07, 6.45) is 1.53. The summed E-state index contributed by atoms with van der Waals surface area (Å²) in [6, 6.07) is 7.78. The van der Waals surface area contributed by atoms with E-state index in [1.807, 2.05) is 45.0 Å². The molecular formula is C15H17N5O. The smallest absolute Gasteiger partial charge is 0.159 e. The number of rotatable bonds is 4. The summed E-state index contributed by atoms with van der Waals surface area (Å²) in [5.74, 6) is 3.26. The van der Waals surface area contributed by atoms with Crippen LogP contribution in [0.15, 0.2) is 35.0 Å². The molecule has 6 heteroatoms. The largest absolute Gasteiger partial charge is 0.465 e. The Bertz CT molecular complexity index is 759. The van der Waals surface area contributed by atoms with E-state index in [2.05, 4.69) is 20.4 Å². The van der Waals surface area contributed by atoms with Crippen molar-refractivity contribution in [3.8, 4) is 5.82 Å². The lowest BCUT2D eigenvalue weighted by Gasteiger charge is -2.06. The van der Waals surface area contributed by atoms with Crippen LogP contribution in [0, 0.1) is 20.8 Å². The van der Waals surface area contributed by atoms with Gasteiger partial charge in [-0.05, 0) is 39.0 Å². The first kappa shape index (κ1) is 13.4. The van der Waals surface area contributed by atoms with E-state index in [4.69, 9.17) is 4.42 Å². The summed E-state index contributed by atoms with van der Waals surface area (Å²) < 4.78 is 7.32. The van der Waals surface area contributed by atoms with Crippen molar-refractivity contribution in [2.75, 3.05) is 5.32 Å². The van der Waals surface area contributed by atoms with Gasteiger partial charge in [0.15, 0.2) is 5.82 Å². The van der Waals surface area contributed by atoms with Crippen LogP contribution in [-0.4, -0.2) is 19.7 Å². The standard InChI is InChI=1S/C15H17N5O/c1-10-6-11(2)20(19-10)15-7-14(17-9-18-15)16-8-13-5-4-12(3)21-13/h4-7,9H,8H2,1-3H3,(H,16,17,18). The summed E-state index contributed by atoms with van der Waals surface area (Å²) in [5.41, 5.74) is 2.01. The summed E-state index contributed by atoms with van der Waals surface area (Å²) in [6.45, 7) is 6.47. The highest BCUT2D eigenvalue weighted by atomic mass is 16.3. The van der Waals surface area contributed by atoms with Crippen LogP contribution < -0.4 is 5.32 Å². The van der Waals surface area contributed by atoms with Crippen molar-refractivity contribution in [1.82, 2.24) is 19.7 Å². The molecule has 0 spiro atoms. The van der Waals surface area contributed by atoms with Crippen LogP contribution in [0.4, 0.5) is 5.82 Å². The Morgan fingerprint density at radius 2 is 2.00 bits per heavy atom. The summed E-state index contributed by atoms with van der Waals surface area (Å²) in [5, 5.41) is 7.65. The number of aromatic nitrogens is 4. The monoisotopic (exact) mass is 283 g/mol. The maximum atomic E-state index is 5.52. The normalized spacial score (nSPS) is 10.8. The van der Waals surface area contributed by atoms with Crippen molar-refractivity contribution in [3.63, 3.8) is 0 Å². The van der Waals surface area contributed by atoms with Gasteiger partial charge in [0.05, 0.1) is 12.2 Å². The Morgan fingerprint density at radius 1 is 1.14 bits per heavy atom. The van der Waals surface area contributed by atoms with Crippen molar-refractivity contribution in [2.45, 2.75) is 27.3 Å². The van der Waals surface area contributed by atoms with Gasteiger partial charge in [0.1, 0.15) is 23.7 Å². The fraction of sp³-hybridized carbons (Fsp3) is 0.267. The van der Waals surface area contributed by atoms with Crippen molar-refractivity contribution in [3.05, 3.63) is 53.5 Å². The fourth-order valence-electron chi connectivity index (χ4n) is 2.18. The van der Waals surface area contributed by atoms with Gasteiger partial charge in [-0.3, -0.25) is 0 Å². The molecule has 0 unspecified atom stereocenters. The highest BCUT2D eigenvalue weighted by Gasteiger charge is 2.07. The Hall–Kier alpha value is -2.63. The third-order valence-corrected chi connectivity index (χ3v) is 3.12. The van der Waals surface area contributed by atoms with Gasteiger partial charge in [0.2, 0.25) is 0 Å². The number of nitrogens with zero attached hydrogens (tertiary/aromatic N) is 4. The highest BCUT2D eigenvalue weighted by molar-refractivity contribution is 5.41. The molecule has 0 amide bonds. The summed E-state index contributed by atoms with van der Waals surface area (Å²) >= 11 is 0. The molecule has 0 saturated heterocycles. The zero-order valence-corrected chi connectivity index (χ0v) is 12.3. The first-order valence-corrected chi connectivity index (χ1v) is 6.77. The predicted octanol–water partition coefficient (Wildman–Crippen LogP) is 2.79. The van der Waals surface area contributed by atoms with Crippen molar-refractivity contribution in [1.29, 1.82) is 0 Å². The van der Waals surface area contributed by atoms with Gasteiger partial charge in [-0.2, -0.15) is 5.10 Å². The summed E-state index contributed by atoms with van der Waals surface area (Å²) in [7, 11) is 0. The van der Waals surface area contributed by atoms with E-state index in [9.17, 15) is 0 Å². The second-order valence-electron chi connectivity index (χ2n) is 4.97. The van der Waals surface area contributed by atoms with E-state index < -0.39 is 0 Å². The van der Waals surface area contributed by atoms with Gasteiger partial charge in [-0.15, -0.1) is 0 Å². The molecule has 1 N–H and O–H groups in total. The first-order chi connectivity index (χ1) is 10.1. The van der Waals surface area contributed by atoms with Gasteiger partial charge in [-0.1, -0.05) is 0 Å². The number of nitrogens with one attached hydrogen (secondary N) is 1. The average molecular weight is 283 g/mol. The van der Waals surface area contributed by atoms with Crippen LogP contribution in [0.1, 0.15) is 22.9 Å². The van der Waals surface area contributed by atoms with E-state index in [0.29, 0.717) is 6.54 Å². The molecule has 0 saturated carbocycles. The van der Waals surface area contributed by atoms with Crippen LogP contribution in [0.2, 0.25) is 0 Å². The molecule has 0 fully saturated rings. The van der Waals surface area contributed by atoms with Gasteiger partial charge >= 0.3 is 0 Å². The molecule has 0 bridgehead atoms. The maximum absolute atomic E-state index is 5.52. The van der Waals surface area contributed by atoms with Crippen LogP contribution >= 0.6 is 0 Å². The lowest BCUT2D eigenvalue weighted by molar-refractivity contribution is 0.490. The Kier molecular flexibility index (Phi) is 3.43. The molecule has 21 heavy (non-hydrogen) atoms. The van der Waals surface area contributed by atoms with Gasteiger partial charge in [-0.25, -0.2) is 14.6 Å². The topological polar surface area (TPSA) is 68.8 Å². The predicted molar refractivity (Wildman–Crippen MR) is 79.4 cm³/mol. The molecule has 0 radical (unpaired) electrons. The Balaban J connectivity index is 1.78. The van der Waals surface area contributed by atoms with E-state index in [0.717, 1.165) is 34.5 Å². The molecule has 0 aliphatic heterocycles. The SMILES string of the molecule is Cc1cc(C)n(-c2cc(NCc3ccc(C)o3)ncn2)n1. The lowest BCUT2D eigenvalue weighted by Crippen LogP contribution is -2.06. The van der Waals surface area contributed by atoms with Crippen LogP contribution in [0.25, 0.3) is 5.82 Å². The van der Waals surface area contributed by atoms with Crippen LogP contribution in [0.3, 0.4) is 0 Å². The van der Waals surface area contributed by atoms with Crippen LogP contribution in [0.5, 0.6) is 0 Å². The number of furan rings is 1. The quantitative estimate of drug-likeness (QED) is 0.797. The van der Waals surface area contributed by atoms with E-state index in [1.54, 1.807) is 4.68 Å². The highest BCUT2D eigenvalue weighted by Crippen LogP contribution is 2.14. The Labute approximate surface area is 122 Å². The second-order valence-corrected chi connectivity index (χ2v) is 4.97. The van der Waals surface area contributed by atoms with Gasteiger partial charge < -0.3 is 9.73 Å². The molecule has 3 rings (SSSR count). The molecule has 6 nitrogen and oxygen atoms in total. The molecule has 3 aromatic rings. The number of anilines is 1. The Morgan fingerprint density at radius 3 is 2.67 bits per heavy atom. The number of hydrogen-bond acceptors (Lipinski definition) is 5. The zero-order chi connectivity index (χ0) is 14.8. The molecule has 3 heterocycles. The molecule has 3 aromatic heterocycles. The first-order valence-electron chi connectivity index (χ1n) is 6.77. The van der Waals surface area contributed by atoms with Crippen LogP contribution in [-0.2, 0) is 6.54 Å². The van der Waals surface area contributed by atoms with Crippen molar-refractivity contribution in [2.24, 2.45) is 0 Å². The number of aryl methyl sites for hydroxylation is 3. The minimum absolute atomic E-state index is 0.585. The molecule has 108 valence electrons. The minimum Gasteiger partial charge on any atom is -0.465 e. The van der Waals surface area contributed by atoms with Gasteiger partial charge in [0.25, 0.3) is 0 Å². The van der Waals surface area contributed by atoms with Gasteiger partial charge in [0, 0.05) is 11.8 Å². The van der Waals surface area contributed by atoms with Crippen molar-refractivity contribution >= 4 is 5.82 Å². The maximum Gasteiger partial charge on any atom is 0.159 e. The number of hydrogen-bond donors (Lipinski definition) is 1. The summed E-state index contributed by atoms with van der Waals surface area (Å²) in [4.78, 5) is 8.49. The fourth-order valence-corrected chi connectivity index (χ4v) is 2.18. The molecular weight excluding hydrogens is 266 g/mol. The van der Waals surface area contributed by atoms with E-state index in [1.165, 1.54) is 6.33 Å². The van der Waals surface area contributed by atoms with E-state index in [-0.39, 0.29) is 0 Å². The molecule has 0 aliphatic rings. The third kappa shape index (κ3) is 2.94. The molecule has 0 aliphatic carbocycles. The van der Waals surface area contributed by atoms with Crippen molar-refractivity contribution < 1.29 is 4.42 Å². The zero-order valence-electron chi connectivity index (χ0n) is 12.3. The minimum atomic E-state index is 0.585. The second kappa shape index (κ2) is 5.40. The third-order valence-electron chi connectivity index (χ3n) is 3.12. The van der Waals surface area contributed by atoms with E-state index >= 15 is 0 Å². The molecule has 0 aromatic carbocycles.